The molecule has 0 aliphatic rings. The first kappa shape index (κ1) is 19.4. The number of anilines is 1. The Balaban J connectivity index is 1.56. The largest absolute Gasteiger partial charge is 0.452 e. The van der Waals surface area contributed by atoms with Crippen LogP contribution in [0.1, 0.15) is 15.9 Å². The smallest absolute Gasteiger partial charge is 0.338 e. The van der Waals surface area contributed by atoms with Crippen LogP contribution >= 0.6 is 34.5 Å². The van der Waals surface area contributed by atoms with Crippen molar-refractivity contribution in [2.75, 3.05) is 11.9 Å². The molecular formula is C19H14Cl2N2O3S. The zero-order valence-corrected chi connectivity index (χ0v) is 16.5. The summed E-state index contributed by atoms with van der Waals surface area (Å²) in [6.45, 7) is 1.57. The monoisotopic (exact) mass is 420 g/mol. The number of ether oxygens (including phenoxy) is 1. The van der Waals surface area contributed by atoms with Crippen molar-refractivity contribution < 1.29 is 14.3 Å². The van der Waals surface area contributed by atoms with Crippen molar-refractivity contribution in [2.24, 2.45) is 0 Å². The average Bonchev–Trinajstić information content (AvgIpc) is 3.08. The summed E-state index contributed by atoms with van der Waals surface area (Å²) in [5.41, 5.74) is 3.06. The fourth-order valence-electron chi connectivity index (χ4n) is 2.23. The number of thiazole rings is 1. The second-order valence-corrected chi connectivity index (χ2v) is 7.42. The molecule has 1 heterocycles. The lowest BCUT2D eigenvalue weighted by Crippen LogP contribution is -2.20. The molecule has 0 saturated carbocycles. The van der Waals surface area contributed by atoms with Crippen LogP contribution in [0.25, 0.3) is 11.3 Å². The highest BCUT2D eigenvalue weighted by Crippen LogP contribution is 2.25. The lowest BCUT2D eigenvalue weighted by molar-refractivity contribution is -0.119. The van der Waals surface area contributed by atoms with E-state index in [1.807, 2.05) is 36.6 Å². The Morgan fingerprint density at radius 2 is 1.78 bits per heavy atom. The Bertz CT molecular complexity index is 967. The van der Waals surface area contributed by atoms with E-state index in [4.69, 9.17) is 27.9 Å². The molecule has 138 valence electrons. The highest BCUT2D eigenvalue weighted by molar-refractivity contribution is 7.14. The maximum absolute atomic E-state index is 12.0. The number of esters is 1. The van der Waals surface area contributed by atoms with Crippen LogP contribution < -0.4 is 5.32 Å². The molecule has 0 aliphatic heterocycles. The number of carbonyl (C=O) groups is 2. The van der Waals surface area contributed by atoms with E-state index in [1.165, 1.54) is 29.5 Å². The number of rotatable bonds is 5. The molecule has 2 aromatic carbocycles. The molecule has 0 atom stereocenters. The number of aromatic nitrogens is 1. The van der Waals surface area contributed by atoms with E-state index in [2.05, 4.69) is 10.3 Å². The van der Waals surface area contributed by atoms with Gasteiger partial charge in [-0.1, -0.05) is 53.0 Å². The van der Waals surface area contributed by atoms with Gasteiger partial charge in [-0.2, -0.15) is 0 Å². The SMILES string of the molecule is Cc1ccc(-c2csc(NC(=O)COC(=O)c3cc(Cl)cc(Cl)c3)n2)cc1. The maximum Gasteiger partial charge on any atom is 0.338 e. The fourth-order valence-corrected chi connectivity index (χ4v) is 3.49. The predicted molar refractivity (Wildman–Crippen MR) is 108 cm³/mol. The van der Waals surface area contributed by atoms with Gasteiger partial charge in [-0.3, -0.25) is 10.1 Å². The first-order chi connectivity index (χ1) is 12.9. The molecule has 1 amide bonds. The van der Waals surface area contributed by atoms with Crippen LogP contribution in [0.3, 0.4) is 0 Å². The molecular weight excluding hydrogens is 407 g/mol. The van der Waals surface area contributed by atoms with Gasteiger partial charge in [0.2, 0.25) is 0 Å². The van der Waals surface area contributed by atoms with E-state index in [0.717, 1.165) is 16.8 Å². The minimum absolute atomic E-state index is 0.177. The Labute approximate surface area is 169 Å². The van der Waals surface area contributed by atoms with Crippen LogP contribution in [0.15, 0.2) is 47.8 Å². The molecule has 3 rings (SSSR count). The second-order valence-electron chi connectivity index (χ2n) is 5.69. The average molecular weight is 421 g/mol. The van der Waals surface area contributed by atoms with Gasteiger partial charge in [0.05, 0.1) is 11.3 Å². The van der Waals surface area contributed by atoms with E-state index in [1.54, 1.807) is 0 Å². The molecule has 8 heteroatoms. The normalized spacial score (nSPS) is 10.5. The van der Waals surface area contributed by atoms with E-state index < -0.39 is 18.5 Å². The third-order valence-corrected chi connectivity index (χ3v) is 4.72. The summed E-state index contributed by atoms with van der Waals surface area (Å²) >= 11 is 13.0. The number of hydrogen-bond donors (Lipinski definition) is 1. The summed E-state index contributed by atoms with van der Waals surface area (Å²) in [6.07, 6.45) is 0. The predicted octanol–water partition coefficient (Wildman–Crippen LogP) is 5.22. The van der Waals surface area contributed by atoms with Crippen LogP contribution in [-0.2, 0) is 9.53 Å². The number of amides is 1. The lowest BCUT2D eigenvalue weighted by atomic mass is 10.1. The topological polar surface area (TPSA) is 68.3 Å². The molecule has 3 aromatic rings. The van der Waals surface area contributed by atoms with E-state index in [-0.39, 0.29) is 5.56 Å². The summed E-state index contributed by atoms with van der Waals surface area (Å²) in [5, 5.41) is 5.51. The van der Waals surface area contributed by atoms with Gasteiger partial charge in [-0.15, -0.1) is 11.3 Å². The Kier molecular flexibility index (Phi) is 6.11. The van der Waals surface area contributed by atoms with Crippen LogP contribution in [0.5, 0.6) is 0 Å². The number of hydrogen-bond acceptors (Lipinski definition) is 5. The van der Waals surface area contributed by atoms with Crippen molar-refractivity contribution in [3.8, 4) is 11.3 Å². The first-order valence-corrected chi connectivity index (χ1v) is 9.50. The minimum atomic E-state index is -0.686. The molecule has 0 spiro atoms. The number of benzene rings is 2. The highest BCUT2D eigenvalue weighted by Gasteiger charge is 2.13. The van der Waals surface area contributed by atoms with Crippen molar-refractivity contribution in [3.05, 3.63) is 69.0 Å². The van der Waals surface area contributed by atoms with Gasteiger partial charge in [0.25, 0.3) is 5.91 Å². The molecule has 27 heavy (non-hydrogen) atoms. The van der Waals surface area contributed by atoms with E-state index >= 15 is 0 Å². The molecule has 0 saturated heterocycles. The van der Waals surface area contributed by atoms with Crippen molar-refractivity contribution in [1.29, 1.82) is 0 Å². The summed E-state index contributed by atoms with van der Waals surface area (Å²) in [5.74, 6) is -1.17. The van der Waals surface area contributed by atoms with Gasteiger partial charge in [0, 0.05) is 21.0 Å². The van der Waals surface area contributed by atoms with E-state index in [9.17, 15) is 9.59 Å². The van der Waals surface area contributed by atoms with Crippen molar-refractivity contribution in [1.82, 2.24) is 4.98 Å². The minimum Gasteiger partial charge on any atom is -0.452 e. The van der Waals surface area contributed by atoms with Crippen LogP contribution in [0.4, 0.5) is 5.13 Å². The van der Waals surface area contributed by atoms with Crippen LogP contribution in [-0.4, -0.2) is 23.5 Å². The first-order valence-electron chi connectivity index (χ1n) is 7.86. The Hall–Kier alpha value is -2.41. The van der Waals surface area contributed by atoms with Crippen molar-refractivity contribution in [3.63, 3.8) is 0 Å². The highest BCUT2D eigenvalue weighted by atomic mass is 35.5. The zero-order valence-electron chi connectivity index (χ0n) is 14.2. The molecule has 0 bridgehead atoms. The molecule has 0 unspecified atom stereocenters. The molecule has 5 nitrogen and oxygen atoms in total. The molecule has 1 aromatic heterocycles. The van der Waals surface area contributed by atoms with Crippen LogP contribution in [0.2, 0.25) is 10.0 Å². The summed E-state index contributed by atoms with van der Waals surface area (Å²) in [4.78, 5) is 28.4. The number of carbonyl (C=O) groups excluding carboxylic acids is 2. The lowest BCUT2D eigenvalue weighted by Gasteiger charge is -2.05. The van der Waals surface area contributed by atoms with Gasteiger partial charge in [0.1, 0.15) is 0 Å². The van der Waals surface area contributed by atoms with Crippen LogP contribution in [0, 0.1) is 6.92 Å². The zero-order chi connectivity index (χ0) is 19.4. The van der Waals surface area contributed by atoms with Gasteiger partial charge < -0.3 is 4.74 Å². The van der Waals surface area contributed by atoms with Gasteiger partial charge >= 0.3 is 5.97 Å². The maximum atomic E-state index is 12.0. The third kappa shape index (κ3) is 5.29. The van der Waals surface area contributed by atoms with Crippen molar-refractivity contribution >= 4 is 51.5 Å². The standard InChI is InChI=1S/C19H14Cl2N2O3S/c1-11-2-4-12(5-3-11)16-10-27-19(22-16)23-17(24)9-26-18(25)13-6-14(20)8-15(21)7-13/h2-8,10H,9H2,1H3,(H,22,23,24). The summed E-state index contributed by atoms with van der Waals surface area (Å²) in [7, 11) is 0. The summed E-state index contributed by atoms with van der Waals surface area (Å²) in [6, 6.07) is 12.3. The second kappa shape index (κ2) is 8.52. The Morgan fingerprint density at radius 3 is 2.44 bits per heavy atom. The van der Waals surface area contributed by atoms with Gasteiger partial charge in [-0.05, 0) is 25.1 Å². The van der Waals surface area contributed by atoms with Gasteiger partial charge in [-0.25, -0.2) is 9.78 Å². The fraction of sp³-hybridized carbons (Fsp3) is 0.105. The molecule has 0 aliphatic carbocycles. The molecule has 1 N–H and O–H groups in total. The summed E-state index contributed by atoms with van der Waals surface area (Å²) < 4.78 is 4.99. The number of nitrogens with zero attached hydrogens (tertiary/aromatic N) is 1. The molecule has 0 fully saturated rings. The van der Waals surface area contributed by atoms with E-state index in [0.29, 0.717) is 15.2 Å². The van der Waals surface area contributed by atoms with Crippen molar-refractivity contribution in [2.45, 2.75) is 6.92 Å². The Morgan fingerprint density at radius 1 is 1.11 bits per heavy atom. The van der Waals surface area contributed by atoms with Gasteiger partial charge in [0.15, 0.2) is 11.7 Å². The molecule has 0 radical (unpaired) electrons. The quantitative estimate of drug-likeness (QED) is 0.574. The third-order valence-electron chi connectivity index (χ3n) is 3.53. The number of nitrogens with one attached hydrogen (secondary N) is 1. The number of halogens is 2. The number of aryl methyl sites for hydroxylation is 1.